The summed E-state index contributed by atoms with van der Waals surface area (Å²) >= 11 is 3.44. The van der Waals surface area contributed by atoms with Crippen LogP contribution in [0.25, 0.3) is 11.3 Å². The summed E-state index contributed by atoms with van der Waals surface area (Å²) in [6.07, 6.45) is 0.488. The second kappa shape index (κ2) is 7.17. The number of aromatic hydroxyl groups is 1. The molecule has 0 radical (unpaired) electrons. The molecule has 3 aromatic rings. The van der Waals surface area contributed by atoms with Gasteiger partial charge in [0, 0.05) is 28.8 Å². The number of amides is 1. The molecular formula is C20H18BrN3O3. The summed E-state index contributed by atoms with van der Waals surface area (Å²) in [6, 6.07) is 14.4. The van der Waals surface area contributed by atoms with E-state index in [1.54, 1.807) is 23.1 Å². The summed E-state index contributed by atoms with van der Waals surface area (Å²) in [4.78, 5) is 14.7. The van der Waals surface area contributed by atoms with Gasteiger partial charge in [-0.05, 0) is 36.2 Å². The molecule has 1 aliphatic rings. The number of carbonyl (C=O) groups is 1. The molecule has 0 aliphatic carbocycles. The number of aromatic nitrogens is 2. The van der Waals surface area contributed by atoms with Gasteiger partial charge in [0.25, 0.3) is 5.91 Å². The van der Waals surface area contributed by atoms with E-state index in [0.29, 0.717) is 29.9 Å². The Bertz CT molecular complexity index is 984. The van der Waals surface area contributed by atoms with Crippen molar-refractivity contribution in [2.45, 2.75) is 12.5 Å². The molecule has 0 fully saturated rings. The van der Waals surface area contributed by atoms with Crippen molar-refractivity contribution in [3.63, 3.8) is 0 Å². The maximum Gasteiger partial charge on any atom is 0.273 e. The van der Waals surface area contributed by atoms with Crippen LogP contribution in [-0.4, -0.2) is 44.4 Å². The highest BCUT2D eigenvalue weighted by atomic mass is 79.9. The lowest BCUT2D eigenvalue weighted by atomic mass is 9.96. The Morgan fingerprint density at radius 1 is 1.15 bits per heavy atom. The van der Waals surface area contributed by atoms with Crippen LogP contribution in [0.5, 0.6) is 5.75 Å². The molecule has 0 saturated heterocycles. The molecule has 138 valence electrons. The molecule has 0 saturated carbocycles. The highest BCUT2D eigenvalue weighted by Crippen LogP contribution is 2.44. The molecule has 7 heteroatoms. The molecule has 6 nitrogen and oxygen atoms in total. The fourth-order valence-corrected chi connectivity index (χ4v) is 3.80. The number of hydrogen-bond donors (Lipinski definition) is 3. The predicted octanol–water partition coefficient (Wildman–Crippen LogP) is 3.47. The number of hydrogen-bond acceptors (Lipinski definition) is 4. The number of H-pyrrole nitrogens is 1. The number of nitrogens with one attached hydrogen (secondary N) is 1. The monoisotopic (exact) mass is 427 g/mol. The Balaban J connectivity index is 1.88. The highest BCUT2D eigenvalue weighted by molar-refractivity contribution is 9.10. The van der Waals surface area contributed by atoms with Gasteiger partial charge in [-0.1, -0.05) is 40.2 Å². The minimum atomic E-state index is -0.333. The first-order valence-corrected chi connectivity index (χ1v) is 9.45. The van der Waals surface area contributed by atoms with Crippen LogP contribution >= 0.6 is 15.9 Å². The van der Waals surface area contributed by atoms with E-state index in [0.717, 1.165) is 15.6 Å². The fourth-order valence-electron chi connectivity index (χ4n) is 3.54. The number of phenols is 1. The van der Waals surface area contributed by atoms with Crippen molar-refractivity contribution in [2.75, 3.05) is 13.2 Å². The number of aliphatic hydroxyl groups is 1. The molecule has 1 aromatic heterocycles. The predicted molar refractivity (Wildman–Crippen MR) is 104 cm³/mol. The lowest BCUT2D eigenvalue weighted by molar-refractivity contribution is 0.0732. The van der Waals surface area contributed by atoms with Crippen LogP contribution in [0.15, 0.2) is 53.0 Å². The summed E-state index contributed by atoms with van der Waals surface area (Å²) < 4.78 is 0.950. The van der Waals surface area contributed by atoms with E-state index in [2.05, 4.69) is 26.1 Å². The summed E-state index contributed by atoms with van der Waals surface area (Å²) in [6.45, 7) is 0.439. The van der Waals surface area contributed by atoms with Gasteiger partial charge in [0.1, 0.15) is 17.1 Å². The van der Waals surface area contributed by atoms with E-state index in [-0.39, 0.29) is 24.3 Å². The number of aliphatic hydroxyl groups excluding tert-OH is 1. The van der Waals surface area contributed by atoms with Gasteiger partial charge in [0.15, 0.2) is 0 Å². The molecule has 27 heavy (non-hydrogen) atoms. The molecule has 1 atom stereocenters. The van der Waals surface area contributed by atoms with Crippen molar-refractivity contribution in [1.82, 2.24) is 15.1 Å². The first kappa shape index (κ1) is 17.8. The second-order valence-electron chi connectivity index (χ2n) is 6.41. The quantitative estimate of drug-likeness (QED) is 0.581. The molecule has 1 amide bonds. The molecule has 2 heterocycles. The molecule has 1 aliphatic heterocycles. The molecule has 0 unspecified atom stereocenters. The van der Waals surface area contributed by atoms with E-state index in [9.17, 15) is 15.0 Å². The van der Waals surface area contributed by atoms with Gasteiger partial charge in [-0.25, -0.2) is 0 Å². The third-order valence-corrected chi connectivity index (χ3v) is 5.29. The number of aromatic amines is 1. The van der Waals surface area contributed by atoms with Crippen LogP contribution in [-0.2, 0) is 0 Å². The van der Waals surface area contributed by atoms with Gasteiger partial charge in [-0.2, -0.15) is 5.10 Å². The van der Waals surface area contributed by atoms with Gasteiger partial charge < -0.3 is 15.1 Å². The van der Waals surface area contributed by atoms with Crippen molar-refractivity contribution in [3.8, 4) is 17.0 Å². The summed E-state index contributed by atoms with van der Waals surface area (Å²) in [5.74, 6) is -0.0387. The summed E-state index contributed by atoms with van der Waals surface area (Å²) in [5, 5.41) is 26.7. The number of fused-ring (bicyclic) bond motifs is 1. The fraction of sp³-hybridized carbons (Fsp3) is 0.200. The number of phenolic OH excluding ortho intramolecular Hbond substituents is 1. The van der Waals surface area contributed by atoms with E-state index >= 15 is 0 Å². The number of rotatable bonds is 5. The lowest BCUT2D eigenvalue weighted by Crippen LogP contribution is -2.31. The number of benzene rings is 2. The molecule has 3 N–H and O–H groups in total. The van der Waals surface area contributed by atoms with Gasteiger partial charge in [0.2, 0.25) is 0 Å². The second-order valence-corrected chi connectivity index (χ2v) is 7.32. The van der Waals surface area contributed by atoms with Crippen LogP contribution in [0, 0.1) is 0 Å². The Morgan fingerprint density at radius 3 is 2.59 bits per heavy atom. The van der Waals surface area contributed by atoms with Crippen molar-refractivity contribution in [3.05, 3.63) is 69.8 Å². The van der Waals surface area contributed by atoms with Gasteiger partial charge >= 0.3 is 0 Å². The topological polar surface area (TPSA) is 89.5 Å². The molecule has 4 rings (SSSR count). The van der Waals surface area contributed by atoms with E-state index in [1.807, 2.05) is 30.3 Å². The van der Waals surface area contributed by atoms with E-state index in [1.165, 1.54) is 0 Å². The Kier molecular flexibility index (Phi) is 4.72. The van der Waals surface area contributed by atoms with Gasteiger partial charge in [-0.3, -0.25) is 9.89 Å². The van der Waals surface area contributed by atoms with Crippen LogP contribution in [0.3, 0.4) is 0 Å². The number of carbonyl (C=O) groups excluding carboxylic acids is 1. The first-order chi connectivity index (χ1) is 13.1. The normalized spacial score (nSPS) is 16.0. The largest absolute Gasteiger partial charge is 0.507 e. The molecule has 2 aromatic carbocycles. The summed E-state index contributed by atoms with van der Waals surface area (Å²) in [5.41, 5.74) is 3.27. The van der Waals surface area contributed by atoms with E-state index < -0.39 is 0 Å². The third-order valence-electron chi connectivity index (χ3n) is 4.77. The molecule has 0 spiro atoms. The molecule has 0 bridgehead atoms. The number of halogens is 1. The minimum absolute atomic E-state index is 0.00928. The first-order valence-electron chi connectivity index (χ1n) is 8.65. The van der Waals surface area contributed by atoms with Crippen molar-refractivity contribution in [2.24, 2.45) is 0 Å². The van der Waals surface area contributed by atoms with Gasteiger partial charge in [0.05, 0.1) is 6.04 Å². The standard InChI is InChI=1S/C20H18BrN3O3/c21-13-8-6-12(7-9-13)19-16-17(14-4-1-2-5-15(14)26)22-23-18(16)20(27)24(19)10-3-11-25/h1-2,4-9,19,25-26H,3,10-11H2,(H,22,23)/t19-/m1/s1. The lowest BCUT2D eigenvalue weighted by Gasteiger charge is -2.26. The average Bonchev–Trinajstić information content (AvgIpc) is 3.21. The smallest absolute Gasteiger partial charge is 0.273 e. The average molecular weight is 428 g/mol. The zero-order chi connectivity index (χ0) is 19.0. The SMILES string of the molecule is O=C1c2[nH]nc(-c3ccccc3O)c2[C@@H](c2ccc(Br)cc2)N1CCCO. The number of nitrogens with zero attached hydrogens (tertiary/aromatic N) is 2. The maximum atomic E-state index is 13.0. The van der Waals surface area contributed by atoms with Crippen LogP contribution in [0.2, 0.25) is 0 Å². The van der Waals surface area contributed by atoms with Crippen LogP contribution < -0.4 is 0 Å². The zero-order valence-electron chi connectivity index (χ0n) is 14.4. The Labute approximate surface area is 164 Å². The maximum absolute atomic E-state index is 13.0. The van der Waals surface area contributed by atoms with Crippen molar-refractivity contribution in [1.29, 1.82) is 0 Å². The van der Waals surface area contributed by atoms with E-state index in [4.69, 9.17) is 0 Å². The summed E-state index contributed by atoms with van der Waals surface area (Å²) in [7, 11) is 0. The highest BCUT2D eigenvalue weighted by Gasteiger charge is 2.42. The number of para-hydroxylation sites is 1. The zero-order valence-corrected chi connectivity index (χ0v) is 16.0. The molecular weight excluding hydrogens is 410 g/mol. The third kappa shape index (κ3) is 3.02. The van der Waals surface area contributed by atoms with Crippen molar-refractivity contribution < 1.29 is 15.0 Å². The van der Waals surface area contributed by atoms with Crippen LogP contribution in [0.4, 0.5) is 0 Å². The minimum Gasteiger partial charge on any atom is -0.507 e. The van der Waals surface area contributed by atoms with Gasteiger partial charge in [-0.15, -0.1) is 0 Å². The Hall–Kier alpha value is -2.64. The van der Waals surface area contributed by atoms with Crippen LogP contribution in [0.1, 0.15) is 34.1 Å². The van der Waals surface area contributed by atoms with Crippen molar-refractivity contribution >= 4 is 21.8 Å². The Morgan fingerprint density at radius 2 is 1.89 bits per heavy atom.